The molecule has 178 valence electrons. The van der Waals surface area contributed by atoms with Gasteiger partial charge in [-0.15, -0.1) is 0 Å². The fraction of sp³-hybridized carbons (Fsp3) is 0.385. The van der Waals surface area contributed by atoms with E-state index in [9.17, 15) is 4.39 Å². The molecule has 5 rings (SSSR count). The third kappa shape index (κ3) is 5.46. The van der Waals surface area contributed by atoms with E-state index in [2.05, 4.69) is 26.9 Å². The number of likely N-dealkylation sites (tertiary alicyclic amines) is 1. The van der Waals surface area contributed by atoms with Crippen LogP contribution in [0.15, 0.2) is 42.7 Å². The van der Waals surface area contributed by atoms with Crippen LogP contribution in [0.25, 0.3) is 11.1 Å². The number of nitrogens with two attached hydrogens (primary N) is 1. The van der Waals surface area contributed by atoms with Crippen LogP contribution >= 0.6 is 0 Å². The van der Waals surface area contributed by atoms with E-state index in [-0.39, 0.29) is 23.8 Å². The van der Waals surface area contributed by atoms with E-state index in [1.54, 1.807) is 18.5 Å². The second kappa shape index (κ2) is 10.4. The zero-order valence-corrected chi connectivity index (χ0v) is 19.6. The number of nitrogens with zero attached hydrogens (tertiary/aromatic N) is 4. The minimum absolute atomic E-state index is 0.0220. The summed E-state index contributed by atoms with van der Waals surface area (Å²) in [6.45, 7) is 3.97. The third-order valence-corrected chi connectivity index (χ3v) is 6.49. The van der Waals surface area contributed by atoms with Crippen molar-refractivity contribution in [1.29, 1.82) is 5.41 Å². The summed E-state index contributed by atoms with van der Waals surface area (Å²) in [6.07, 6.45) is 6.51. The number of hydrogen-bond donors (Lipinski definition) is 3. The van der Waals surface area contributed by atoms with Gasteiger partial charge in [-0.25, -0.2) is 14.4 Å². The number of aromatic nitrogens is 3. The number of piperidine rings is 1. The summed E-state index contributed by atoms with van der Waals surface area (Å²) < 4.78 is 13.9. The fourth-order valence-corrected chi connectivity index (χ4v) is 4.72. The standard InChI is InChI=1S/C20H18FN5.C6H13NO/c1-11-19-17(22)7-13(8-18(19)26-20(23)25-11)15-5-4-14(21)9-16(15)12-3-2-6-24-10-12;1-7-4-2-6(8)3-5-7/h2-6,9-10,13,22H,7-8H2,1H3,(H2,23,25,26);6,8H,2-5H2,1H3. The van der Waals surface area contributed by atoms with Gasteiger partial charge in [-0.1, -0.05) is 12.1 Å². The van der Waals surface area contributed by atoms with Gasteiger partial charge in [0.25, 0.3) is 0 Å². The Morgan fingerprint density at radius 1 is 1.15 bits per heavy atom. The Morgan fingerprint density at radius 3 is 2.59 bits per heavy atom. The molecule has 1 atom stereocenters. The van der Waals surface area contributed by atoms with Crippen molar-refractivity contribution in [1.82, 2.24) is 19.9 Å². The van der Waals surface area contributed by atoms with Gasteiger partial charge in [-0.3, -0.25) is 4.98 Å². The van der Waals surface area contributed by atoms with Crippen LogP contribution in [0.5, 0.6) is 0 Å². The maximum absolute atomic E-state index is 13.9. The van der Waals surface area contributed by atoms with Gasteiger partial charge in [0.1, 0.15) is 5.82 Å². The molecule has 1 unspecified atom stereocenters. The minimum Gasteiger partial charge on any atom is -0.393 e. The first-order valence-corrected chi connectivity index (χ1v) is 11.6. The fourth-order valence-electron chi connectivity index (χ4n) is 4.72. The first-order valence-electron chi connectivity index (χ1n) is 11.6. The first kappa shape index (κ1) is 23.9. The highest BCUT2D eigenvalue weighted by Gasteiger charge is 2.29. The van der Waals surface area contributed by atoms with Gasteiger partial charge in [0.05, 0.1) is 17.5 Å². The van der Waals surface area contributed by atoms with Crippen LogP contribution in [-0.2, 0) is 6.42 Å². The number of aliphatic hydroxyl groups excluding tert-OH is 1. The van der Waals surface area contributed by atoms with Gasteiger partial charge >= 0.3 is 0 Å². The molecule has 2 aliphatic rings. The molecule has 2 aromatic heterocycles. The number of halogens is 1. The molecule has 0 bridgehead atoms. The number of fused-ring (bicyclic) bond motifs is 1. The maximum atomic E-state index is 13.9. The predicted octanol–water partition coefficient (Wildman–Crippen LogP) is 3.74. The number of nitrogen functional groups attached to an aromatic ring is 1. The Balaban J connectivity index is 0.000000291. The minimum atomic E-state index is -0.290. The molecule has 0 radical (unpaired) electrons. The molecule has 0 spiro atoms. The van der Waals surface area contributed by atoms with Gasteiger partial charge in [0, 0.05) is 42.3 Å². The summed E-state index contributed by atoms with van der Waals surface area (Å²) in [5.74, 6) is -0.0397. The Kier molecular flexibility index (Phi) is 7.29. The Bertz CT molecular complexity index is 1150. The molecule has 8 heteroatoms. The van der Waals surface area contributed by atoms with Gasteiger partial charge in [-0.05, 0) is 74.9 Å². The first-order chi connectivity index (χ1) is 16.3. The average Bonchev–Trinajstić information content (AvgIpc) is 2.81. The molecular formula is C26H31FN6O. The summed E-state index contributed by atoms with van der Waals surface area (Å²) in [5, 5.41) is 17.5. The Labute approximate surface area is 199 Å². The number of aryl methyl sites for hydroxylation is 1. The topological polar surface area (TPSA) is 112 Å². The van der Waals surface area contributed by atoms with Crippen LogP contribution in [0.4, 0.5) is 10.3 Å². The molecular weight excluding hydrogens is 431 g/mol. The van der Waals surface area contributed by atoms with E-state index < -0.39 is 0 Å². The highest BCUT2D eigenvalue weighted by molar-refractivity contribution is 6.01. The van der Waals surface area contributed by atoms with Crippen molar-refractivity contribution in [3.05, 3.63) is 71.1 Å². The summed E-state index contributed by atoms with van der Waals surface area (Å²) in [7, 11) is 2.09. The molecule has 0 saturated carbocycles. The number of hydrogen-bond acceptors (Lipinski definition) is 7. The highest BCUT2D eigenvalue weighted by atomic mass is 19.1. The van der Waals surface area contributed by atoms with Crippen molar-refractivity contribution in [2.75, 3.05) is 25.9 Å². The lowest BCUT2D eigenvalue weighted by Crippen LogP contribution is -2.32. The maximum Gasteiger partial charge on any atom is 0.220 e. The van der Waals surface area contributed by atoms with E-state index >= 15 is 0 Å². The molecule has 3 aromatic rings. The van der Waals surface area contributed by atoms with E-state index in [1.807, 2.05) is 19.1 Å². The Morgan fingerprint density at radius 2 is 1.91 bits per heavy atom. The quantitative estimate of drug-likeness (QED) is 0.535. The lowest BCUT2D eigenvalue weighted by molar-refractivity contribution is 0.0943. The lowest BCUT2D eigenvalue weighted by atomic mass is 9.78. The van der Waals surface area contributed by atoms with Crippen molar-refractivity contribution in [2.24, 2.45) is 0 Å². The second-order valence-corrected chi connectivity index (χ2v) is 9.08. The van der Waals surface area contributed by atoms with Crippen molar-refractivity contribution in [2.45, 2.75) is 44.6 Å². The molecule has 1 aromatic carbocycles. The predicted molar refractivity (Wildman–Crippen MR) is 131 cm³/mol. The monoisotopic (exact) mass is 462 g/mol. The molecule has 1 fully saturated rings. The zero-order chi connectivity index (χ0) is 24.2. The van der Waals surface area contributed by atoms with E-state index in [1.165, 1.54) is 12.1 Å². The molecule has 0 amide bonds. The molecule has 34 heavy (non-hydrogen) atoms. The van der Waals surface area contributed by atoms with Crippen molar-refractivity contribution in [3.8, 4) is 11.1 Å². The van der Waals surface area contributed by atoms with Crippen LogP contribution < -0.4 is 5.73 Å². The zero-order valence-electron chi connectivity index (χ0n) is 19.6. The van der Waals surface area contributed by atoms with Crippen LogP contribution in [0.1, 0.15) is 47.7 Å². The number of pyridine rings is 1. The van der Waals surface area contributed by atoms with Gasteiger partial charge in [0.15, 0.2) is 0 Å². The third-order valence-electron chi connectivity index (χ3n) is 6.49. The molecule has 3 heterocycles. The van der Waals surface area contributed by atoms with Crippen LogP contribution in [0.3, 0.4) is 0 Å². The summed E-state index contributed by atoms with van der Waals surface area (Å²) >= 11 is 0. The highest BCUT2D eigenvalue weighted by Crippen LogP contribution is 2.38. The van der Waals surface area contributed by atoms with Gasteiger partial charge in [-0.2, -0.15) is 0 Å². The van der Waals surface area contributed by atoms with Crippen molar-refractivity contribution in [3.63, 3.8) is 0 Å². The number of aliphatic hydroxyl groups is 1. The molecule has 1 saturated heterocycles. The van der Waals surface area contributed by atoms with Crippen LogP contribution in [0.2, 0.25) is 0 Å². The number of benzene rings is 1. The number of anilines is 1. The average molecular weight is 463 g/mol. The van der Waals surface area contributed by atoms with E-state index in [0.29, 0.717) is 18.6 Å². The van der Waals surface area contributed by atoms with Crippen molar-refractivity contribution >= 4 is 11.7 Å². The normalized spacial score (nSPS) is 18.7. The molecule has 1 aliphatic carbocycles. The largest absolute Gasteiger partial charge is 0.393 e. The summed E-state index contributed by atoms with van der Waals surface area (Å²) in [5.41, 5.74) is 11.3. The molecule has 1 aliphatic heterocycles. The number of nitrogens with one attached hydrogen (secondary N) is 1. The SMILES string of the molecule is CN1CCC(O)CC1.Cc1nc(N)nc2c1C(=N)CC(c1ccc(F)cc1-c1cccnc1)C2. The van der Waals surface area contributed by atoms with E-state index in [4.69, 9.17) is 16.2 Å². The Hall–Kier alpha value is -3.23. The smallest absolute Gasteiger partial charge is 0.220 e. The molecule has 4 N–H and O–H groups in total. The summed E-state index contributed by atoms with van der Waals surface area (Å²) in [4.78, 5) is 14.9. The van der Waals surface area contributed by atoms with Gasteiger partial charge in [0.2, 0.25) is 5.95 Å². The second-order valence-electron chi connectivity index (χ2n) is 9.08. The van der Waals surface area contributed by atoms with Gasteiger partial charge < -0.3 is 21.1 Å². The summed E-state index contributed by atoms with van der Waals surface area (Å²) in [6, 6.07) is 8.55. The number of rotatable bonds is 2. The molecule has 7 nitrogen and oxygen atoms in total. The van der Waals surface area contributed by atoms with Crippen LogP contribution in [-0.4, -0.2) is 56.9 Å². The van der Waals surface area contributed by atoms with E-state index in [0.717, 1.165) is 59.6 Å². The van der Waals surface area contributed by atoms with Crippen molar-refractivity contribution < 1.29 is 9.50 Å². The van der Waals surface area contributed by atoms with Crippen LogP contribution in [0, 0.1) is 18.2 Å². The lowest BCUT2D eigenvalue weighted by Gasteiger charge is -2.27.